The van der Waals surface area contributed by atoms with Crippen molar-refractivity contribution in [2.75, 3.05) is 10.7 Å². The number of fused-ring (bicyclic) bond motifs is 1. The minimum absolute atomic E-state index is 0.119. The highest BCUT2D eigenvalue weighted by Gasteiger charge is 2.36. The molecule has 0 bridgehead atoms. The van der Waals surface area contributed by atoms with E-state index in [9.17, 15) is 19.2 Å². The number of hydrogen-bond acceptors (Lipinski definition) is 4. The first-order chi connectivity index (χ1) is 14.2. The van der Waals surface area contributed by atoms with E-state index in [1.165, 1.54) is 23.9 Å². The average molecular weight is 428 g/mol. The second-order valence-electron chi connectivity index (χ2n) is 7.85. The summed E-state index contributed by atoms with van der Waals surface area (Å²) in [4.78, 5) is 26.8. The number of benzene rings is 2. The van der Waals surface area contributed by atoms with Gasteiger partial charge in [0.05, 0.1) is 23.7 Å². The number of amides is 2. The summed E-state index contributed by atoms with van der Waals surface area (Å²) in [5, 5.41) is 20.8. The molecule has 0 spiro atoms. The van der Waals surface area contributed by atoms with Crippen LogP contribution in [0.4, 0.5) is 14.9 Å². The van der Waals surface area contributed by atoms with Gasteiger partial charge in [-0.05, 0) is 38.0 Å². The van der Waals surface area contributed by atoms with Crippen LogP contribution in [0.5, 0.6) is 0 Å². The minimum atomic E-state index is -1.15. The highest BCUT2D eigenvalue weighted by atomic mass is 32.2. The predicted molar refractivity (Wildman–Crippen MR) is 113 cm³/mol. The molecule has 1 atom stereocenters. The lowest BCUT2D eigenvalue weighted by atomic mass is 9.90. The van der Waals surface area contributed by atoms with Gasteiger partial charge in [-0.15, -0.1) is 11.8 Å². The lowest BCUT2D eigenvalue weighted by molar-refractivity contribution is -0.122. The van der Waals surface area contributed by atoms with Gasteiger partial charge in [0, 0.05) is 16.2 Å². The monoisotopic (exact) mass is 427 g/mol. The van der Waals surface area contributed by atoms with Gasteiger partial charge in [-0.1, -0.05) is 30.3 Å². The van der Waals surface area contributed by atoms with Gasteiger partial charge >= 0.3 is 6.09 Å². The van der Waals surface area contributed by atoms with Crippen LogP contribution >= 0.6 is 11.8 Å². The molecule has 0 radical (unpaired) electrons. The number of nitriles is 1. The molecule has 8 heteroatoms. The van der Waals surface area contributed by atoms with Crippen LogP contribution in [-0.4, -0.2) is 28.4 Å². The van der Waals surface area contributed by atoms with Gasteiger partial charge in [-0.3, -0.25) is 4.79 Å². The smallest absolute Gasteiger partial charge is 0.405 e. The van der Waals surface area contributed by atoms with E-state index in [1.54, 1.807) is 18.7 Å². The summed E-state index contributed by atoms with van der Waals surface area (Å²) in [5.74, 6) is -0.905. The van der Waals surface area contributed by atoms with Crippen LogP contribution < -0.4 is 10.2 Å². The minimum Gasteiger partial charge on any atom is -0.465 e. The number of anilines is 1. The lowest BCUT2D eigenvalue weighted by Gasteiger charge is -2.31. The Labute approximate surface area is 178 Å². The van der Waals surface area contributed by atoms with E-state index in [0.29, 0.717) is 16.3 Å². The molecule has 156 valence electrons. The Morgan fingerprint density at radius 3 is 2.70 bits per heavy atom. The molecule has 2 aromatic carbocycles. The van der Waals surface area contributed by atoms with Gasteiger partial charge in [0.1, 0.15) is 11.9 Å². The third-order valence-corrected chi connectivity index (χ3v) is 6.11. The average Bonchev–Trinajstić information content (AvgIpc) is 2.79. The van der Waals surface area contributed by atoms with Gasteiger partial charge in [0.2, 0.25) is 5.91 Å². The normalized spacial score (nSPS) is 16.4. The predicted octanol–water partition coefficient (Wildman–Crippen LogP) is 4.39. The summed E-state index contributed by atoms with van der Waals surface area (Å²) in [6, 6.07) is 14.0. The molecular formula is C22H22FN3O3S. The second-order valence-corrected chi connectivity index (χ2v) is 8.91. The van der Waals surface area contributed by atoms with Gasteiger partial charge in [-0.2, -0.15) is 5.26 Å². The Bertz CT molecular complexity index is 1000. The maximum Gasteiger partial charge on any atom is 0.405 e. The quantitative estimate of drug-likeness (QED) is 0.738. The number of carbonyl (C=O) groups excluding carboxylic acids is 1. The maximum absolute atomic E-state index is 14.3. The highest BCUT2D eigenvalue weighted by Crippen LogP contribution is 2.40. The van der Waals surface area contributed by atoms with Crippen molar-refractivity contribution >= 4 is 29.4 Å². The standard InChI is InChI=1S/C22H22FN3O3S/c1-22(2,25-21(28)29)10-16-13-30-19-9-17(23)15(11-24)8-18(19)26(20(16)27)12-14-6-4-3-5-7-14/h3-9,16,25H,10,12-13H2,1-2H3,(H,28,29)/t16-/m0/s1. The molecule has 1 aliphatic heterocycles. The fourth-order valence-corrected chi connectivity index (χ4v) is 4.73. The zero-order valence-electron chi connectivity index (χ0n) is 16.7. The molecule has 30 heavy (non-hydrogen) atoms. The fourth-order valence-electron chi connectivity index (χ4n) is 3.59. The number of nitrogens with zero attached hydrogens (tertiary/aromatic N) is 2. The second kappa shape index (κ2) is 8.76. The molecule has 0 aliphatic carbocycles. The Balaban J connectivity index is 2.00. The number of halogens is 1. The van der Waals surface area contributed by atoms with Gasteiger partial charge in [0.15, 0.2) is 0 Å². The molecule has 6 nitrogen and oxygen atoms in total. The zero-order chi connectivity index (χ0) is 21.9. The van der Waals surface area contributed by atoms with Crippen molar-refractivity contribution in [3.63, 3.8) is 0 Å². The summed E-state index contributed by atoms with van der Waals surface area (Å²) in [6.07, 6.45) is -0.864. The van der Waals surface area contributed by atoms with Crippen LogP contribution in [0.1, 0.15) is 31.4 Å². The molecule has 2 amide bonds. The fraction of sp³-hybridized carbons (Fsp3) is 0.318. The molecule has 1 heterocycles. The van der Waals surface area contributed by atoms with Gasteiger partial charge in [0.25, 0.3) is 0 Å². The molecule has 0 saturated heterocycles. The number of thioether (sulfide) groups is 1. The lowest BCUT2D eigenvalue weighted by Crippen LogP contribution is -2.47. The third kappa shape index (κ3) is 4.92. The van der Waals surface area contributed by atoms with Crippen molar-refractivity contribution in [3.8, 4) is 6.07 Å². The Morgan fingerprint density at radius 1 is 1.37 bits per heavy atom. The molecule has 2 N–H and O–H groups in total. The Kier molecular flexibility index (Phi) is 6.32. The third-order valence-electron chi connectivity index (χ3n) is 4.90. The number of carboxylic acid groups (broad SMARTS) is 1. The van der Waals surface area contributed by atoms with Crippen LogP contribution in [0.25, 0.3) is 0 Å². The number of hydrogen-bond donors (Lipinski definition) is 2. The first-order valence-electron chi connectivity index (χ1n) is 9.43. The van der Waals surface area contributed by atoms with Crippen molar-refractivity contribution in [2.24, 2.45) is 5.92 Å². The summed E-state index contributed by atoms with van der Waals surface area (Å²) >= 11 is 1.34. The molecule has 0 saturated carbocycles. The Hall–Kier alpha value is -3.05. The van der Waals surface area contributed by atoms with Crippen LogP contribution in [0, 0.1) is 23.1 Å². The van der Waals surface area contributed by atoms with Crippen molar-refractivity contribution in [1.82, 2.24) is 5.32 Å². The highest BCUT2D eigenvalue weighted by molar-refractivity contribution is 7.99. The topological polar surface area (TPSA) is 93.4 Å². The van der Waals surface area contributed by atoms with E-state index < -0.39 is 23.4 Å². The van der Waals surface area contributed by atoms with E-state index >= 15 is 0 Å². The number of carbonyl (C=O) groups is 2. The summed E-state index contributed by atoms with van der Waals surface area (Å²) < 4.78 is 14.3. The van der Waals surface area contributed by atoms with Crippen molar-refractivity contribution < 1.29 is 19.1 Å². The van der Waals surface area contributed by atoms with Crippen molar-refractivity contribution in [3.05, 3.63) is 59.4 Å². The molecular weight excluding hydrogens is 405 g/mol. The summed E-state index contributed by atoms with van der Waals surface area (Å²) in [7, 11) is 0. The summed E-state index contributed by atoms with van der Waals surface area (Å²) in [5.41, 5.74) is 0.461. The molecule has 0 unspecified atom stereocenters. The molecule has 0 fully saturated rings. The van der Waals surface area contributed by atoms with E-state index in [1.807, 2.05) is 36.4 Å². The van der Waals surface area contributed by atoms with E-state index in [0.717, 1.165) is 5.56 Å². The molecule has 0 aromatic heterocycles. The van der Waals surface area contributed by atoms with Crippen molar-refractivity contribution in [2.45, 2.75) is 37.2 Å². The van der Waals surface area contributed by atoms with Gasteiger partial charge in [-0.25, -0.2) is 9.18 Å². The van der Waals surface area contributed by atoms with E-state index in [4.69, 9.17) is 5.11 Å². The first-order valence-corrected chi connectivity index (χ1v) is 10.4. The molecule has 1 aliphatic rings. The van der Waals surface area contributed by atoms with Crippen LogP contribution in [0.3, 0.4) is 0 Å². The zero-order valence-corrected chi connectivity index (χ0v) is 17.5. The largest absolute Gasteiger partial charge is 0.465 e. The maximum atomic E-state index is 14.3. The van der Waals surface area contributed by atoms with E-state index in [2.05, 4.69) is 5.32 Å². The number of rotatable bonds is 5. The van der Waals surface area contributed by atoms with Gasteiger partial charge < -0.3 is 15.3 Å². The first kappa shape index (κ1) is 21.7. The van der Waals surface area contributed by atoms with Crippen molar-refractivity contribution in [1.29, 1.82) is 5.26 Å². The summed E-state index contributed by atoms with van der Waals surface area (Å²) in [6.45, 7) is 3.73. The van der Waals surface area contributed by atoms with Crippen LogP contribution in [-0.2, 0) is 11.3 Å². The molecule has 2 aromatic rings. The molecule has 3 rings (SSSR count). The number of nitrogens with one attached hydrogen (secondary N) is 1. The Morgan fingerprint density at radius 2 is 2.07 bits per heavy atom. The van der Waals surface area contributed by atoms with Crippen LogP contribution in [0.2, 0.25) is 0 Å². The van der Waals surface area contributed by atoms with Crippen LogP contribution in [0.15, 0.2) is 47.4 Å². The SMILES string of the molecule is CC(C)(C[C@H]1CSc2cc(F)c(C#N)cc2N(Cc2ccccc2)C1=O)NC(=O)O. The van der Waals surface area contributed by atoms with E-state index in [-0.39, 0.29) is 24.4 Å².